The van der Waals surface area contributed by atoms with E-state index in [9.17, 15) is 0 Å². The van der Waals surface area contributed by atoms with Gasteiger partial charge in [0.05, 0.1) is 21.4 Å². The Morgan fingerprint density at radius 1 is 0.350 bits per heavy atom. The number of nitrogens with zero attached hydrogens (tertiary/aromatic N) is 5. The van der Waals surface area contributed by atoms with Crippen LogP contribution in [0.3, 0.4) is 0 Å². The average molecular weight is 782 g/mol. The third-order valence-corrected chi connectivity index (χ3v) is 13.1. The minimum Gasteiger partial charge on any atom is -0.291 e. The molecule has 0 aliphatic rings. The maximum atomic E-state index is 5.54. The van der Waals surface area contributed by atoms with Crippen LogP contribution < -0.4 is 0 Å². The molecule has 278 valence electrons. The molecule has 0 spiro atoms. The lowest BCUT2D eigenvalue weighted by molar-refractivity contribution is 1.07. The van der Waals surface area contributed by atoms with Crippen LogP contribution >= 0.6 is 11.3 Å². The summed E-state index contributed by atoms with van der Waals surface area (Å²) in [5, 5.41) is 12.1. The molecular weight excluding hydrogens is 751 g/mol. The highest BCUT2D eigenvalue weighted by Crippen LogP contribution is 2.43. The molecule has 0 aliphatic carbocycles. The van der Waals surface area contributed by atoms with Gasteiger partial charge in [0.15, 0.2) is 23.1 Å². The molecule has 6 heteroatoms. The Kier molecular flexibility index (Phi) is 7.11. The largest absolute Gasteiger partial charge is 0.291 e. The van der Waals surface area contributed by atoms with E-state index >= 15 is 0 Å². The number of hydrogen-bond acceptors (Lipinski definition) is 5. The molecule has 0 saturated carbocycles. The predicted octanol–water partition coefficient (Wildman–Crippen LogP) is 14.3. The first-order chi connectivity index (χ1) is 29.7. The monoisotopic (exact) mass is 781 g/mol. The van der Waals surface area contributed by atoms with Crippen molar-refractivity contribution in [3.63, 3.8) is 0 Å². The van der Waals surface area contributed by atoms with Crippen molar-refractivity contribution in [1.29, 1.82) is 0 Å². The van der Waals surface area contributed by atoms with Gasteiger partial charge >= 0.3 is 0 Å². The molecule has 60 heavy (non-hydrogen) atoms. The van der Waals surface area contributed by atoms with Crippen molar-refractivity contribution < 1.29 is 0 Å². The normalized spacial score (nSPS) is 12.0. The third-order valence-electron chi connectivity index (χ3n) is 12.0. The van der Waals surface area contributed by atoms with Gasteiger partial charge in [-0.25, -0.2) is 19.9 Å². The molecule has 0 atom stereocenters. The number of thiophene rings is 1. The topological polar surface area (TPSA) is 56.0 Å². The van der Waals surface area contributed by atoms with E-state index in [1.54, 1.807) is 0 Å². The standard InChI is InChI=1S/C54H31N5S/c1-2-12-35(13-3-1)51-56-52(58-53(57-51)40-23-18-32-10-4-5-14-37(32)28-40)36-21-19-34(20-22-36)47-31-45-44-29-38-15-6-7-16-39(38)30-48(44)60-50(45)54-55-49-43-25-24-33-11-8-9-17-41(33)42(43)26-27-46(49)59(47)54/h1-31H. The van der Waals surface area contributed by atoms with Crippen LogP contribution in [0.5, 0.6) is 0 Å². The Morgan fingerprint density at radius 3 is 1.72 bits per heavy atom. The fourth-order valence-electron chi connectivity index (χ4n) is 9.02. The van der Waals surface area contributed by atoms with Crippen LogP contribution in [0.2, 0.25) is 0 Å². The van der Waals surface area contributed by atoms with E-state index in [1.807, 2.05) is 41.7 Å². The smallest absolute Gasteiger partial charge is 0.164 e. The van der Waals surface area contributed by atoms with E-state index in [0.29, 0.717) is 17.5 Å². The number of benzene rings is 9. The average Bonchev–Trinajstić information content (AvgIpc) is 3.89. The molecule has 0 N–H and O–H groups in total. The van der Waals surface area contributed by atoms with Crippen LogP contribution in [0, 0.1) is 0 Å². The van der Waals surface area contributed by atoms with Gasteiger partial charge < -0.3 is 0 Å². The summed E-state index contributed by atoms with van der Waals surface area (Å²) in [6, 6.07) is 66.8. The highest BCUT2D eigenvalue weighted by atomic mass is 32.1. The second-order valence-electron chi connectivity index (χ2n) is 15.5. The van der Waals surface area contributed by atoms with Crippen LogP contribution in [-0.4, -0.2) is 24.3 Å². The van der Waals surface area contributed by atoms with Gasteiger partial charge in [-0.3, -0.25) is 4.40 Å². The molecule has 0 amide bonds. The number of fused-ring (bicyclic) bond motifs is 13. The lowest BCUT2D eigenvalue weighted by atomic mass is 10.0. The number of hydrogen-bond donors (Lipinski definition) is 0. The zero-order valence-electron chi connectivity index (χ0n) is 32.0. The number of imidazole rings is 1. The molecule has 5 nitrogen and oxygen atoms in total. The van der Waals surface area contributed by atoms with E-state index in [1.165, 1.54) is 52.5 Å². The van der Waals surface area contributed by atoms with Crippen molar-refractivity contribution in [2.24, 2.45) is 0 Å². The van der Waals surface area contributed by atoms with E-state index in [0.717, 1.165) is 55.4 Å². The van der Waals surface area contributed by atoms with Gasteiger partial charge in [-0.2, -0.15) is 0 Å². The molecule has 0 aliphatic heterocycles. The van der Waals surface area contributed by atoms with Crippen LogP contribution in [-0.2, 0) is 0 Å². The minimum absolute atomic E-state index is 0.627. The second-order valence-corrected chi connectivity index (χ2v) is 16.5. The SMILES string of the molecule is c1ccc(-c2nc(-c3ccc(-c4cc5c6cc7ccccc7cc6sc5c5nc6c7ccc8ccccc8c7ccc6n45)cc3)nc(-c3ccc4ccccc4c3)n2)cc1. The lowest BCUT2D eigenvalue weighted by Crippen LogP contribution is -2.00. The first kappa shape index (κ1) is 33.2. The summed E-state index contributed by atoms with van der Waals surface area (Å²) in [5.41, 5.74) is 8.03. The maximum Gasteiger partial charge on any atom is 0.164 e. The molecule has 4 aromatic heterocycles. The fraction of sp³-hybridized carbons (Fsp3) is 0. The zero-order valence-corrected chi connectivity index (χ0v) is 32.9. The summed E-state index contributed by atoms with van der Waals surface area (Å²) in [6.07, 6.45) is 0. The molecule has 13 rings (SSSR count). The molecule has 0 unspecified atom stereocenters. The zero-order chi connectivity index (χ0) is 39.3. The van der Waals surface area contributed by atoms with E-state index in [2.05, 4.69) is 162 Å². The van der Waals surface area contributed by atoms with Crippen LogP contribution in [0.4, 0.5) is 0 Å². The van der Waals surface area contributed by atoms with Gasteiger partial charge in [-0.1, -0.05) is 158 Å². The van der Waals surface area contributed by atoms with Crippen molar-refractivity contribution >= 4 is 91.3 Å². The van der Waals surface area contributed by atoms with Crippen molar-refractivity contribution in [3.8, 4) is 45.4 Å². The molecule has 0 bridgehead atoms. The molecular formula is C54H31N5S. The minimum atomic E-state index is 0.627. The predicted molar refractivity (Wildman–Crippen MR) is 251 cm³/mol. The Balaban J connectivity index is 1.03. The molecule has 9 aromatic carbocycles. The molecule has 0 radical (unpaired) electrons. The van der Waals surface area contributed by atoms with Gasteiger partial charge in [0, 0.05) is 37.5 Å². The van der Waals surface area contributed by atoms with Crippen molar-refractivity contribution in [2.75, 3.05) is 0 Å². The molecule has 13 aromatic rings. The number of rotatable bonds is 4. The number of pyridine rings is 1. The van der Waals surface area contributed by atoms with Crippen LogP contribution in [0.25, 0.3) is 125 Å². The summed E-state index contributed by atoms with van der Waals surface area (Å²) in [4.78, 5) is 20.7. The van der Waals surface area contributed by atoms with E-state index in [4.69, 9.17) is 19.9 Å². The Labute approximate surface area is 347 Å². The van der Waals surface area contributed by atoms with Crippen LogP contribution in [0.15, 0.2) is 188 Å². The highest BCUT2D eigenvalue weighted by molar-refractivity contribution is 7.26. The third kappa shape index (κ3) is 5.11. The van der Waals surface area contributed by atoms with Gasteiger partial charge in [0.2, 0.25) is 0 Å². The van der Waals surface area contributed by atoms with Gasteiger partial charge in [0.25, 0.3) is 0 Å². The van der Waals surface area contributed by atoms with E-state index in [-0.39, 0.29) is 0 Å². The molecule has 0 saturated heterocycles. The Bertz CT molecular complexity index is 3890. The van der Waals surface area contributed by atoms with Gasteiger partial charge in [-0.05, 0) is 73.6 Å². The van der Waals surface area contributed by atoms with Gasteiger partial charge in [-0.15, -0.1) is 11.3 Å². The summed E-state index contributed by atoms with van der Waals surface area (Å²) in [7, 11) is 0. The first-order valence-electron chi connectivity index (χ1n) is 20.1. The van der Waals surface area contributed by atoms with Crippen molar-refractivity contribution in [1.82, 2.24) is 24.3 Å². The first-order valence-corrected chi connectivity index (χ1v) is 20.9. The van der Waals surface area contributed by atoms with Crippen molar-refractivity contribution in [2.45, 2.75) is 0 Å². The maximum absolute atomic E-state index is 5.54. The lowest BCUT2D eigenvalue weighted by Gasteiger charge is -2.11. The highest BCUT2D eigenvalue weighted by Gasteiger charge is 2.20. The van der Waals surface area contributed by atoms with Gasteiger partial charge in [0.1, 0.15) is 0 Å². The van der Waals surface area contributed by atoms with E-state index < -0.39 is 0 Å². The summed E-state index contributed by atoms with van der Waals surface area (Å²) < 4.78 is 4.81. The summed E-state index contributed by atoms with van der Waals surface area (Å²) >= 11 is 1.83. The molecule has 4 heterocycles. The quantitative estimate of drug-likeness (QED) is 0.167. The fourth-order valence-corrected chi connectivity index (χ4v) is 10.2. The Hall–Kier alpha value is -7.80. The van der Waals surface area contributed by atoms with Crippen molar-refractivity contribution in [3.05, 3.63) is 188 Å². The molecule has 0 fully saturated rings. The second kappa shape index (κ2) is 12.9. The number of aromatic nitrogens is 5. The summed E-state index contributed by atoms with van der Waals surface area (Å²) in [5.74, 6) is 1.91. The van der Waals surface area contributed by atoms with Crippen LogP contribution in [0.1, 0.15) is 0 Å². The Morgan fingerprint density at radius 2 is 0.933 bits per heavy atom. The summed E-state index contributed by atoms with van der Waals surface area (Å²) in [6.45, 7) is 0.